The van der Waals surface area contributed by atoms with Crippen molar-refractivity contribution in [2.45, 2.75) is 13.3 Å². The summed E-state index contributed by atoms with van der Waals surface area (Å²) in [5.41, 5.74) is 0. The Morgan fingerprint density at radius 3 is 2.38 bits per heavy atom. The molecule has 0 spiro atoms. The van der Waals surface area contributed by atoms with Crippen LogP contribution in [0.15, 0.2) is 0 Å². The summed E-state index contributed by atoms with van der Waals surface area (Å²) in [5, 5.41) is 11.5. The van der Waals surface area contributed by atoms with E-state index in [1.165, 1.54) is 14.2 Å². The van der Waals surface area contributed by atoms with E-state index in [-0.39, 0.29) is 36.8 Å². The first-order valence-electron chi connectivity index (χ1n) is 5.95. The molecule has 0 atom stereocenters. The molecule has 0 saturated heterocycles. The van der Waals surface area contributed by atoms with Gasteiger partial charge in [0.25, 0.3) is 5.95 Å². The molecule has 21 heavy (non-hydrogen) atoms. The van der Waals surface area contributed by atoms with E-state index in [1.807, 2.05) is 0 Å². The summed E-state index contributed by atoms with van der Waals surface area (Å²) >= 11 is 0. The van der Waals surface area contributed by atoms with Crippen LogP contribution in [0, 0.1) is 0 Å². The Morgan fingerprint density at radius 1 is 1.14 bits per heavy atom. The first-order valence-corrected chi connectivity index (χ1v) is 5.95. The Morgan fingerprint density at radius 2 is 1.81 bits per heavy atom. The average Bonchev–Trinajstić information content (AvgIpc) is 2.95. The summed E-state index contributed by atoms with van der Waals surface area (Å²) in [4.78, 5) is 24.1. The summed E-state index contributed by atoms with van der Waals surface area (Å²) in [7, 11) is 2.80. The molecule has 0 fully saturated rings. The number of rotatable bonds is 6. The number of hydrogen-bond donors (Lipinski definition) is 0. The van der Waals surface area contributed by atoms with Crippen LogP contribution in [-0.2, 0) is 16.0 Å². The predicted molar refractivity (Wildman–Crippen MR) is 66.0 cm³/mol. The smallest absolute Gasteiger partial charge is 0.324 e. The van der Waals surface area contributed by atoms with Gasteiger partial charge in [0.15, 0.2) is 5.82 Å². The highest BCUT2D eigenvalue weighted by atomic mass is 16.5. The van der Waals surface area contributed by atoms with E-state index < -0.39 is 5.97 Å². The lowest BCUT2D eigenvalue weighted by molar-refractivity contribution is -0.142. The molecule has 0 saturated carbocycles. The van der Waals surface area contributed by atoms with Crippen LogP contribution in [0.2, 0.25) is 0 Å². The maximum absolute atomic E-state index is 11.3. The lowest BCUT2D eigenvalue weighted by Gasteiger charge is -2.02. The molecule has 11 nitrogen and oxygen atoms in total. The second-order valence-corrected chi connectivity index (χ2v) is 3.59. The lowest BCUT2D eigenvalue weighted by Crippen LogP contribution is -2.11. The Kier molecular flexibility index (Phi) is 4.53. The molecule has 11 heteroatoms. The number of ether oxygens (including phenoxy) is 3. The monoisotopic (exact) mass is 295 g/mol. The Hall–Kier alpha value is -2.85. The van der Waals surface area contributed by atoms with Crippen molar-refractivity contribution in [3.63, 3.8) is 0 Å². The molecule has 2 rings (SSSR count). The summed E-state index contributed by atoms with van der Waals surface area (Å²) < 4.78 is 14.6. The molecule has 0 N–H and O–H groups in total. The van der Waals surface area contributed by atoms with Crippen LogP contribution in [0.4, 0.5) is 0 Å². The van der Waals surface area contributed by atoms with Crippen LogP contribution < -0.4 is 9.47 Å². The van der Waals surface area contributed by atoms with Gasteiger partial charge in [-0.3, -0.25) is 4.79 Å². The minimum absolute atomic E-state index is 0.0427. The highest BCUT2D eigenvalue weighted by Gasteiger charge is 2.14. The number of tetrazole rings is 1. The number of aromatic nitrogens is 7. The zero-order chi connectivity index (χ0) is 15.2. The highest BCUT2D eigenvalue weighted by molar-refractivity contribution is 5.71. The second kappa shape index (κ2) is 6.54. The first kappa shape index (κ1) is 14.6. The van der Waals surface area contributed by atoms with Crippen molar-refractivity contribution in [2.24, 2.45) is 0 Å². The van der Waals surface area contributed by atoms with E-state index in [0.29, 0.717) is 0 Å². The average molecular weight is 295 g/mol. The summed E-state index contributed by atoms with van der Waals surface area (Å²) in [6, 6.07) is 0.0854. The molecule has 0 bridgehead atoms. The zero-order valence-corrected chi connectivity index (χ0v) is 11.7. The number of carbonyl (C=O) groups is 1. The lowest BCUT2D eigenvalue weighted by atomic mass is 10.4. The van der Waals surface area contributed by atoms with Crippen LogP contribution in [-0.4, -0.2) is 62.0 Å². The molecule has 2 aromatic rings. The highest BCUT2D eigenvalue weighted by Crippen LogP contribution is 2.10. The van der Waals surface area contributed by atoms with Gasteiger partial charge < -0.3 is 14.2 Å². The molecular weight excluding hydrogens is 282 g/mol. The number of nitrogens with zero attached hydrogens (tertiary/aromatic N) is 7. The van der Waals surface area contributed by atoms with Crippen LogP contribution in [0.5, 0.6) is 12.0 Å². The quantitative estimate of drug-likeness (QED) is 0.610. The molecule has 0 aliphatic rings. The minimum atomic E-state index is -0.442. The zero-order valence-electron chi connectivity index (χ0n) is 11.7. The second-order valence-electron chi connectivity index (χ2n) is 3.59. The van der Waals surface area contributed by atoms with Crippen LogP contribution in [0.3, 0.4) is 0 Å². The SMILES string of the molecule is CCOC(=O)Cc1nnn(-c2nc(OC)nc(OC)n2)n1. The molecule has 2 heterocycles. The van der Waals surface area contributed by atoms with Gasteiger partial charge in [0.1, 0.15) is 6.42 Å². The first-order chi connectivity index (χ1) is 10.2. The Labute approximate surface area is 119 Å². The molecule has 0 aliphatic carbocycles. The van der Waals surface area contributed by atoms with E-state index >= 15 is 0 Å². The van der Waals surface area contributed by atoms with E-state index in [9.17, 15) is 4.79 Å². The van der Waals surface area contributed by atoms with Gasteiger partial charge in [-0.05, 0) is 12.1 Å². The molecule has 112 valence electrons. The van der Waals surface area contributed by atoms with Crippen molar-refractivity contribution in [1.82, 2.24) is 35.2 Å². The van der Waals surface area contributed by atoms with Crippen molar-refractivity contribution in [1.29, 1.82) is 0 Å². The number of methoxy groups -OCH3 is 2. The van der Waals surface area contributed by atoms with Gasteiger partial charge in [-0.15, -0.1) is 15.2 Å². The number of carbonyl (C=O) groups excluding carboxylic acids is 1. The topological polar surface area (TPSA) is 127 Å². The third kappa shape index (κ3) is 3.58. The van der Waals surface area contributed by atoms with E-state index in [2.05, 4.69) is 30.4 Å². The maximum atomic E-state index is 11.3. The van der Waals surface area contributed by atoms with Gasteiger partial charge in [0.05, 0.1) is 20.8 Å². The fourth-order valence-corrected chi connectivity index (χ4v) is 1.34. The fourth-order valence-electron chi connectivity index (χ4n) is 1.34. The summed E-state index contributed by atoms with van der Waals surface area (Å²) in [5.74, 6) is -0.198. The minimum Gasteiger partial charge on any atom is -0.467 e. The Bertz CT molecular complexity index is 607. The predicted octanol–water partition coefficient (Wildman–Crippen LogP) is -1.03. The normalized spacial score (nSPS) is 10.2. The van der Waals surface area contributed by atoms with Gasteiger partial charge in [0, 0.05) is 0 Å². The van der Waals surface area contributed by atoms with Gasteiger partial charge in [0.2, 0.25) is 0 Å². The number of esters is 1. The molecule has 2 aromatic heterocycles. The van der Waals surface area contributed by atoms with E-state index in [4.69, 9.17) is 14.2 Å². The molecule has 0 amide bonds. The standard InChI is InChI=1S/C10H13N7O4/c1-4-21-7(18)5-6-14-16-17(15-6)8-11-9(19-2)13-10(12-8)20-3/h4-5H2,1-3H3. The van der Waals surface area contributed by atoms with Crippen molar-refractivity contribution < 1.29 is 19.0 Å². The molecule has 0 radical (unpaired) electrons. The molecule has 0 aliphatic heterocycles. The van der Waals surface area contributed by atoms with E-state index in [1.54, 1.807) is 6.92 Å². The van der Waals surface area contributed by atoms with Crippen LogP contribution in [0.25, 0.3) is 5.95 Å². The fraction of sp³-hybridized carbons (Fsp3) is 0.500. The van der Waals surface area contributed by atoms with Crippen molar-refractivity contribution in [3.05, 3.63) is 5.82 Å². The number of hydrogen-bond acceptors (Lipinski definition) is 10. The maximum Gasteiger partial charge on any atom is 0.324 e. The van der Waals surface area contributed by atoms with Crippen molar-refractivity contribution in [2.75, 3.05) is 20.8 Å². The van der Waals surface area contributed by atoms with Crippen LogP contribution in [0.1, 0.15) is 12.7 Å². The van der Waals surface area contributed by atoms with Gasteiger partial charge in [-0.2, -0.15) is 9.97 Å². The van der Waals surface area contributed by atoms with Crippen molar-refractivity contribution in [3.8, 4) is 18.0 Å². The van der Waals surface area contributed by atoms with Gasteiger partial charge in [-0.25, -0.2) is 0 Å². The third-order valence-electron chi connectivity index (χ3n) is 2.19. The summed E-state index contributed by atoms with van der Waals surface area (Å²) in [6.07, 6.45) is -0.0901. The van der Waals surface area contributed by atoms with E-state index in [0.717, 1.165) is 4.80 Å². The van der Waals surface area contributed by atoms with Crippen LogP contribution >= 0.6 is 0 Å². The van der Waals surface area contributed by atoms with Gasteiger partial charge >= 0.3 is 18.0 Å². The van der Waals surface area contributed by atoms with Gasteiger partial charge in [-0.1, -0.05) is 4.80 Å². The van der Waals surface area contributed by atoms with Crippen molar-refractivity contribution >= 4 is 5.97 Å². The molecule has 0 aromatic carbocycles. The Balaban J connectivity index is 2.22. The molecule has 0 unspecified atom stereocenters. The summed E-state index contributed by atoms with van der Waals surface area (Å²) in [6.45, 7) is 2.00. The molecular formula is C10H13N7O4. The third-order valence-corrected chi connectivity index (χ3v) is 2.19. The largest absolute Gasteiger partial charge is 0.467 e.